The van der Waals surface area contributed by atoms with Gasteiger partial charge in [0.05, 0.1) is 5.69 Å². The van der Waals surface area contributed by atoms with Gasteiger partial charge in [0.25, 0.3) is 0 Å². The van der Waals surface area contributed by atoms with Gasteiger partial charge < -0.3 is 10.6 Å². The molecule has 2 spiro atoms. The first-order chi connectivity index (χ1) is 20.7. The number of aromatic nitrogens is 2. The lowest BCUT2D eigenvalue weighted by Gasteiger charge is -2.49. The zero-order chi connectivity index (χ0) is 27.7. The highest BCUT2D eigenvalue weighted by atomic mass is 15.2. The van der Waals surface area contributed by atoms with E-state index in [0.717, 1.165) is 35.7 Å². The highest BCUT2D eigenvalue weighted by Gasteiger charge is 2.47. The molecule has 3 heterocycles. The third kappa shape index (κ3) is 3.27. The van der Waals surface area contributed by atoms with E-state index >= 15 is 0 Å². The Morgan fingerprint density at radius 2 is 1.38 bits per heavy atom. The van der Waals surface area contributed by atoms with E-state index in [1.807, 2.05) is 24.7 Å². The molecule has 6 aliphatic rings. The maximum Gasteiger partial charge on any atom is 0.159 e. The average molecular weight is 545 g/mol. The zero-order valence-corrected chi connectivity index (χ0v) is 22.9. The van der Waals surface area contributed by atoms with Crippen molar-refractivity contribution < 1.29 is 0 Å². The summed E-state index contributed by atoms with van der Waals surface area (Å²) >= 11 is 0. The standard InChI is InChI=1S/C36H28N6/c1-16-38-35(39-17-1)27-11-13-29(31(35)21-27)23-3-7-25(8-4-23)33-15-20-37-34(42-33)26-9-5-24(6-10-26)30-14-12-28-22-32(30)36(28)40-18-2-19-41-36/h1-16,18,20-22,38-41H,17,19H2. The maximum atomic E-state index is 4.94. The first kappa shape index (κ1) is 23.6. The molecule has 0 saturated heterocycles. The molecule has 0 amide bonds. The fraction of sp³-hybridized carbons (Fsp3) is 0.111. The fourth-order valence-electron chi connectivity index (χ4n) is 6.84. The van der Waals surface area contributed by atoms with E-state index in [-0.39, 0.29) is 11.3 Å². The van der Waals surface area contributed by atoms with Crippen LogP contribution < -0.4 is 21.3 Å². The summed E-state index contributed by atoms with van der Waals surface area (Å²) < 4.78 is 0. The molecule has 2 atom stereocenters. The Bertz CT molecular complexity index is 1920. The minimum atomic E-state index is -0.255. The first-order valence-electron chi connectivity index (χ1n) is 14.4. The Hall–Kier alpha value is -5.04. The molecule has 42 heavy (non-hydrogen) atoms. The van der Waals surface area contributed by atoms with Crippen LogP contribution in [0.15, 0.2) is 133 Å². The SMILES string of the molecule is C1=CNC2(NC1)c1ccc(-c3ccc(-c4ccnc(-c5ccc(-c6ccc7cc6C76NC=CCN6)cc5)n4)cc3)c2c1. The van der Waals surface area contributed by atoms with E-state index in [9.17, 15) is 0 Å². The van der Waals surface area contributed by atoms with Gasteiger partial charge in [0.15, 0.2) is 5.82 Å². The summed E-state index contributed by atoms with van der Waals surface area (Å²) in [4.78, 5) is 9.55. The number of allylic oxidation sites excluding steroid dienone is 2. The molecule has 4 N–H and O–H groups in total. The average Bonchev–Trinajstić information content (AvgIpc) is 3.09. The van der Waals surface area contributed by atoms with Crippen LogP contribution in [0.25, 0.3) is 39.3 Å². The van der Waals surface area contributed by atoms with Crippen LogP contribution in [-0.4, -0.2) is 28.7 Å². The van der Waals surface area contributed by atoms with Gasteiger partial charge in [0.1, 0.15) is 11.3 Å². The molecule has 6 nitrogen and oxygen atoms in total. The Labute approximate surface area is 244 Å². The summed E-state index contributed by atoms with van der Waals surface area (Å²) in [6.45, 7) is 1.71. The van der Waals surface area contributed by atoms with Gasteiger partial charge in [-0.15, -0.1) is 0 Å². The molecular weight excluding hydrogens is 516 g/mol. The predicted octanol–water partition coefficient (Wildman–Crippen LogP) is 5.36. The largest absolute Gasteiger partial charge is 0.366 e. The summed E-state index contributed by atoms with van der Waals surface area (Å²) in [6.07, 6.45) is 16.8. The van der Waals surface area contributed by atoms with Crippen LogP contribution in [0.4, 0.5) is 0 Å². The van der Waals surface area contributed by atoms with E-state index in [1.54, 1.807) is 0 Å². The fourth-order valence-corrected chi connectivity index (χ4v) is 6.84. The van der Waals surface area contributed by atoms with Gasteiger partial charge in [-0.25, -0.2) is 9.97 Å². The molecule has 4 aromatic rings. The molecule has 0 radical (unpaired) electrons. The minimum absolute atomic E-state index is 0.251. The van der Waals surface area contributed by atoms with Crippen molar-refractivity contribution in [3.05, 3.63) is 150 Å². The summed E-state index contributed by atoms with van der Waals surface area (Å²) in [5.41, 5.74) is 12.5. The Balaban J connectivity index is 0.963. The molecule has 0 fully saturated rings. The van der Waals surface area contributed by atoms with Gasteiger partial charge >= 0.3 is 0 Å². The highest BCUT2D eigenvalue weighted by Crippen LogP contribution is 2.48. The van der Waals surface area contributed by atoms with Crippen molar-refractivity contribution >= 4 is 5.57 Å². The van der Waals surface area contributed by atoms with Crippen molar-refractivity contribution in [2.45, 2.75) is 11.3 Å². The van der Waals surface area contributed by atoms with E-state index in [0.29, 0.717) is 0 Å². The van der Waals surface area contributed by atoms with Crippen LogP contribution in [0.3, 0.4) is 0 Å². The topological polar surface area (TPSA) is 73.9 Å². The van der Waals surface area contributed by atoms with Crippen molar-refractivity contribution in [3.63, 3.8) is 0 Å². The van der Waals surface area contributed by atoms with Gasteiger partial charge in [-0.1, -0.05) is 85.0 Å². The monoisotopic (exact) mass is 544 g/mol. The normalized spacial score (nSPS) is 24.1. The second-order valence-electron chi connectivity index (χ2n) is 11.3. The van der Waals surface area contributed by atoms with E-state index < -0.39 is 0 Å². The molecule has 6 heteroatoms. The third-order valence-electron chi connectivity index (χ3n) is 9.12. The Morgan fingerprint density at radius 1 is 0.667 bits per heavy atom. The van der Waals surface area contributed by atoms with E-state index in [4.69, 9.17) is 4.98 Å². The van der Waals surface area contributed by atoms with Gasteiger partial charge in [-0.2, -0.15) is 0 Å². The lowest BCUT2D eigenvalue weighted by atomic mass is 9.69. The lowest BCUT2D eigenvalue weighted by molar-refractivity contribution is 0.336. The molecule has 0 saturated carbocycles. The van der Waals surface area contributed by atoms with Gasteiger partial charge in [-0.3, -0.25) is 10.6 Å². The van der Waals surface area contributed by atoms with Crippen molar-refractivity contribution in [1.29, 1.82) is 0 Å². The van der Waals surface area contributed by atoms with Gasteiger partial charge in [0, 0.05) is 41.5 Å². The molecule has 10 rings (SSSR count). The van der Waals surface area contributed by atoms with Crippen LogP contribution in [0.2, 0.25) is 0 Å². The van der Waals surface area contributed by atoms with Crippen molar-refractivity contribution in [2.24, 2.45) is 0 Å². The summed E-state index contributed by atoms with van der Waals surface area (Å²) in [7, 11) is 0. The second kappa shape index (κ2) is 8.73. The number of benzene rings is 3. The van der Waals surface area contributed by atoms with Gasteiger partial charge in [0.2, 0.25) is 0 Å². The number of fused-ring (bicyclic) bond motifs is 2. The minimum Gasteiger partial charge on any atom is -0.366 e. The zero-order valence-electron chi connectivity index (χ0n) is 22.9. The third-order valence-corrected chi connectivity index (χ3v) is 9.12. The summed E-state index contributed by atoms with van der Waals surface area (Å²) in [6, 6.07) is 25.9. The van der Waals surface area contributed by atoms with Crippen LogP contribution in [-0.2, 0) is 5.66 Å². The lowest BCUT2D eigenvalue weighted by Crippen LogP contribution is -2.64. The molecule has 1 aromatic heterocycles. The second-order valence-corrected chi connectivity index (χ2v) is 11.3. The summed E-state index contributed by atoms with van der Waals surface area (Å²) in [5.74, 6) is 0.722. The number of nitrogens with one attached hydrogen (secondary N) is 4. The van der Waals surface area contributed by atoms with E-state index in [2.05, 4.69) is 123 Å². The molecule has 2 unspecified atom stereocenters. The van der Waals surface area contributed by atoms with Gasteiger partial charge in [-0.05, 0) is 64.0 Å². The molecule has 4 bridgehead atoms. The molecule has 3 aromatic carbocycles. The first-order valence-corrected chi connectivity index (χ1v) is 14.4. The number of rotatable bonds is 4. The smallest absolute Gasteiger partial charge is 0.159 e. The van der Waals surface area contributed by atoms with Crippen LogP contribution in [0.1, 0.15) is 16.7 Å². The highest BCUT2D eigenvalue weighted by molar-refractivity contribution is 5.91. The van der Waals surface area contributed by atoms with Crippen molar-refractivity contribution in [3.8, 4) is 33.8 Å². The van der Waals surface area contributed by atoms with Crippen LogP contribution in [0, 0.1) is 0 Å². The quantitative estimate of drug-likeness (QED) is 0.277. The Kier molecular flexibility index (Phi) is 4.91. The van der Waals surface area contributed by atoms with Crippen LogP contribution >= 0.6 is 0 Å². The predicted molar refractivity (Wildman–Crippen MR) is 167 cm³/mol. The van der Waals surface area contributed by atoms with Crippen LogP contribution in [0.5, 0.6) is 0 Å². The van der Waals surface area contributed by atoms with Crippen molar-refractivity contribution in [2.75, 3.05) is 13.1 Å². The molecule has 2 aliphatic heterocycles. The summed E-state index contributed by atoms with van der Waals surface area (Å²) in [5, 5.41) is 14.3. The Morgan fingerprint density at radius 3 is 2.10 bits per heavy atom. The number of hydrogen-bond donors (Lipinski definition) is 4. The number of hydrogen-bond acceptors (Lipinski definition) is 6. The number of nitrogens with zero attached hydrogens (tertiary/aromatic N) is 2. The molecule has 202 valence electrons. The van der Waals surface area contributed by atoms with Crippen molar-refractivity contribution in [1.82, 2.24) is 31.2 Å². The molecule has 4 aliphatic carbocycles. The molecular formula is C36H28N6. The van der Waals surface area contributed by atoms with E-state index in [1.165, 1.54) is 44.5 Å². The maximum absolute atomic E-state index is 4.94.